The quantitative estimate of drug-likeness (QED) is 0.0322. The number of nitrogens with one attached hydrogen (secondary N) is 1. The molecule has 0 aromatic heterocycles. The zero-order valence-electron chi connectivity index (χ0n) is 40.3. The lowest BCUT2D eigenvalue weighted by Crippen LogP contribution is -2.46. The van der Waals surface area contributed by atoms with Crippen molar-refractivity contribution in [1.29, 1.82) is 0 Å². The van der Waals surface area contributed by atoms with E-state index in [0.717, 1.165) is 96.3 Å². The maximum Gasteiger partial charge on any atom is 0.306 e. The van der Waals surface area contributed by atoms with Gasteiger partial charge in [0.15, 0.2) is 0 Å². The van der Waals surface area contributed by atoms with Gasteiger partial charge in [0, 0.05) is 6.42 Å². The Morgan fingerprint density at radius 3 is 1.33 bits per heavy atom. The first-order valence-corrected chi connectivity index (χ1v) is 26.0. The summed E-state index contributed by atoms with van der Waals surface area (Å²) in [6, 6.07) is -0.707. The van der Waals surface area contributed by atoms with Crippen LogP contribution in [0.5, 0.6) is 0 Å². The average Bonchev–Trinajstić information content (AvgIpc) is 3.25. The van der Waals surface area contributed by atoms with Crippen LogP contribution in [0.25, 0.3) is 0 Å². The van der Waals surface area contributed by atoms with Gasteiger partial charge in [0.1, 0.15) is 6.10 Å². The first kappa shape index (κ1) is 58.6. The van der Waals surface area contributed by atoms with Crippen LogP contribution in [0.3, 0.4) is 0 Å². The molecule has 0 radical (unpaired) electrons. The van der Waals surface area contributed by atoms with Crippen LogP contribution in [-0.2, 0) is 14.3 Å². The summed E-state index contributed by atoms with van der Waals surface area (Å²) in [6.45, 7) is 6.35. The van der Waals surface area contributed by atoms with Gasteiger partial charge in [-0.2, -0.15) is 0 Å². The highest BCUT2D eigenvalue weighted by Gasteiger charge is 2.24. The SMILES string of the molecule is CC/C=C\C/C=C\C/C=C\C/C=C\C/C=C\CCCCCC(=O)OC(CCCCCCCCCC)CC(=O)NC(CO)C(O)CCCCCCCCCCCCCCCCC. The van der Waals surface area contributed by atoms with Gasteiger partial charge in [-0.15, -0.1) is 0 Å². The number of carbonyl (C=O) groups excluding carboxylic acids is 2. The number of aliphatic hydroxyl groups is 2. The number of ether oxygens (including phenoxy) is 1. The molecule has 6 nitrogen and oxygen atoms in total. The molecule has 0 heterocycles. The Hall–Kier alpha value is -2.44. The summed E-state index contributed by atoms with van der Waals surface area (Å²) in [4.78, 5) is 26.1. The largest absolute Gasteiger partial charge is 0.462 e. The molecule has 0 rings (SSSR count). The number of allylic oxidation sites excluding steroid dienone is 10. The first-order chi connectivity index (χ1) is 30.0. The lowest BCUT2D eigenvalue weighted by atomic mass is 10.0. The van der Waals surface area contributed by atoms with Crippen molar-refractivity contribution in [3.8, 4) is 0 Å². The third-order valence-electron chi connectivity index (χ3n) is 11.6. The minimum Gasteiger partial charge on any atom is -0.462 e. The fourth-order valence-corrected chi connectivity index (χ4v) is 7.69. The zero-order chi connectivity index (χ0) is 44.5. The van der Waals surface area contributed by atoms with Gasteiger partial charge in [-0.25, -0.2) is 0 Å². The molecule has 3 atom stereocenters. The highest BCUT2D eigenvalue weighted by atomic mass is 16.5. The van der Waals surface area contributed by atoms with Gasteiger partial charge in [0.25, 0.3) is 0 Å². The van der Waals surface area contributed by atoms with E-state index in [1.807, 2.05) is 0 Å². The fourth-order valence-electron chi connectivity index (χ4n) is 7.69. The van der Waals surface area contributed by atoms with Crippen LogP contribution in [0.1, 0.15) is 252 Å². The normalized spacial score (nSPS) is 13.7. The molecule has 0 saturated carbocycles. The van der Waals surface area contributed by atoms with Crippen LogP contribution < -0.4 is 5.32 Å². The summed E-state index contributed by atoms with van der Waals surface area (Å²) in [5, 5.41) is 23.7. The first-order valence-electron chi connectivity index (χ1n) is 26.0. The van der Waals surface area contributed by atoms with Crippen molar-refractivity contribution in [2.24, 2.45) is 0 Å². The van der Waals surface area contributed by atoms with E-state index in [4.69, 9.17) is 4.74 Å². The number of esters is 1. The summed E-state index contributed by atoms with van der Waals surface area (Å²) >= 11 is 0. The molecule has 3 unspecified atom stereocenters. The molecule has 0 aromatic rings. The standard InChI is InChI=1S/C55H99NO5/c1-4-7-10-13-16-19-21-23-25-26-27-28-30-32-34-36-39-42-45-48-55(60)61-51(46-43-40-37-18-15-12-9-6-3)49-54(59)56-52(50-57)53(58)47-44-41-38-35-33-31-29-24-22-20-17-14-11-8-5-2/h7,10,16,19,23,25,27-28,32,34,51-53,57-58H,4-6,8-9,11-15,17-18,20-22,24,26,29-31,33,35-50H2,1-3H3,(H,56,59)/b10-7-,19-16-,25-23-,28-27-,34-32-. The topological polar surface area (TPSA) is 95.9 Å². The predicted octanol–water partition coefficient (Wildman–Crippen LogP) is 15.6. The van der Waals surface area contributed by atoms with Crippen molar-refractivity contribution in [3.63, 3.8) is 0 Å². The second-order valence-corrected chi connectivity index (χ2v) is 17.5. The lowest BCUT2D eigenvalue weighted by Gasteiger charge is -2.24. The molecule has 0 bridgehead atoms. The van der Waals surface area contributed by atoms with Crippen LogP contribution in [0.15, 0.2) is 60.8 Å². The molecule has 0 saturated heterocycles. The van der Waals surface area contributed by atoms with E-state index in [-0.39, 0.29) is 24.9 Å². The van der Waals surface area contributed by atoms with E-state index in [1.54, 1.807) is 0 Å². The number of hydrogen-bond donors (Lipinski definition) is 3. The fraction of sp³-hybridized carbons (Fsp3) is 0.782. The summed E-state index contributed by atoms with van der Waals surface area (Å²) in [5.41, 5.74) is 0. The third kappa shape index (κ3) is 44.0. The van der Waals surface area contributed by atoms with Gasteiger partial charge in [0.2, 0.25) is 5.91 Å². The van der Waals surface area contributed by atoms with Crippen LogP contribution >= 0.6 is 0 Å². The summed E-state index contributed by atoms with van der Waals surface area (Å²) in [5.74, 6) is -0.511. The molecule has 6 heteroatoms. The minimum atomic E-state index is -0.792. The highest BCUT2D eigenvalue weighted by Crippen LogP contribution is 2.18. The number of hydrogen-bond acceptors (Lipinski definition) is 5. The number of amides is 1. The smallest absolute Gasteiger partial charge is 0.306 e. The molecule has 0 aliphatic heterocycles. The van der Waals surface area contributed by atoms with Gasteiger partial charge in [-0.3, -0.25) is 9.59 Å². The van der Waals surface area contributed by atoms with Crippen molar-refractivity contribution >= 4 is 11.9 Å². The molecule has 0 spiro atoms. The van der Waals surface area contributed by atoms with Crippen molar-refractivity contribution in [2.75, 3.05) is 6.61 Å². The van der Waals surface area contributed by atoms with Crippen LogP contribution in [-0.4, -0.2) is 46.9 Å². The molecular weight excluding hydrogens is 755 g/mol. The molecule has 0 aliphatic rings. The molecule has 1 amide bonds. The Labute approximate surface area is 378 Å². The number of rotatable bonds is 46. The zero-order valence-corrected chi connectivity index (χ0v) is 40.3. The van der Waals surface area contributed by atoms with Crippen LogP contribution in [0.2, 0.25) is 0 Å². The molecule has 0 aliphatic carbocycles. The predicted molar refractivity (Wildman–Crippen MR) is 264 cm³/mol. The Bertz CT molecular complexity index is 1090. The molecule has 61 heavy (non-hydrogen) atoms. The van der Waals surface area contributed by atoms with Crippen molar-refractivity contribution < 1.29 is 24.5 Å². The van der Waals surface area contributed by atoms with Crippen LogP contribution in [0.4, 0.5) is 0 Å². The van der Waals surface area contributed by atoms with Gasteiger partial charge in [-0.05, 0) is 70.6 Å². The minimum absolute atomic E-state index is 0.0640. The Kier molecular flexibility index (Phi) is 46.6. The Morgan fingerprint density at radius 2 is 0.885 bits per heavy atom. The van der Waals surface area contributed by atoms with E-state index in [0.29, 0.717) is 19.3 Å². The van der Waals surface area contributed by atoms with Crippen molar-refractivity contribution in [1.82, 2.24) is 5.32 Å². The monoisotopic (exact) mass is 854 g/mol. The Balaban J connectivity index is 4.45. The number of unbranched alkanes of at least 4 members (excludes halogenated alkanes) is 24. The molecule has 3 N–H and O–H groups in total. The van der Waals surface area contributed by atoms with Gasteiger partial charge in [0.05, 0.1) is 25.2 Å². The summed E-state index contributed by atoms with van der Waals surface area (Å²) in [7, 11) is 0. The van der Waals surface area contributed by atoms with Gasteiger partial charge >= 0.3 is 5.97 Å². The lowest BCUT2D eigenvalue weighted by molar-refractivity contribution is -0.151. The number of carbonyl (C=O) groups is 2. The van der Waals surface area contributed by atoms with Gasteiger partial charge < -0.3 is 20.3 Å². The second-order valence-electron chi connectivity index (χ2n) is 17.5. The number of aliphatic hydroxyl groups excluding tert-OH is 2. The summed E-state index contributed by atoms with van der Waals surface area (Å²) < 4.78 is 5.90. The second kappa shape index (κ2) is 48.6. The molecule has 354 valence electrons. The molecular formula is C55H99NO5. The average molecular weight is 854 g/mol. The van der Waals surface area contributed by atoms with Crippen LogP contribution in [0, 0.1) is 0 Å². The summed E-state index contributed by atoms with van der Waals surface area (Å²) in [6.07, 6.45) is 60.0. The maximum absolute atomic E-state index is 13.2. The molecule has 0 aromatic carbocycles. The van der Waals surface area contributed by atoms with E-state index in [9.17, 15) is 19.8 Å². The maximum atomic E-state index is 13.2. The van der Waals surface area contributed by atoms with Crippen molar-refractivity contribution in [3.05, 3.63) is 60.8 Å². The van der Waals surface area contributed by atoms with E-state index >= 15 is 0 Å². The Morgan fingerprint density at radius 1 is 0.492 bits per heavy atom. The third-order valence-corrected chi connectivity index (χ3v) is 11.6. The van der Waals surface area contributed by atoms with E-state index in [1.165, 1.54) is 109 Å². The molecule has 0 fully saturated rings. The highest BCUT2D eigenvalue weighted by molar-refractivity contribution is 5.77. The van der Waals surface area contributed by atoms with E-state index in [2.05, 4.69) is 86.8 Å². The van der Waals surface area contributed by atoms with E-state index < -0.39 is 18.2 Å². The van der Waals surface area contributed by atoms with Crippen molar-refractivity contribution in [2.45, 2.75) is 270 Å². The van der Waals surface area contributed by atoms with Gasteiger partial charge in [-0.1, -0.05) is 229 Å².